The van der Waals surface area contributed by atoms with Gasteiger partial charge in [-0.15, -0.1) is 0 Å². The van der Waals surface area contributed by atoms with E-state index < -0.39 is 0 Å². The van der Waals surface area contributed by atoms with Crippen LogP contribution in [0.1, 0.15) is 33.0 Å². The van der Waals surface area contributed by atoms with E-state index in [4.69, 9.17) is 10.6 Å². The van der Waals surface area contributed by atoms with Gasteiger partial charge in [0.2, 0.25) is 0 Å². The van der Waals surface area contributed by atoms with E-state index in [2.05, 4.69) is 34.6 Å². The van der Waals surface area contributed by atoms with E-state index in [0.29, 0.717) is 36.3 Å². The number of hydrogen-bond donors (Lipinski definition) is 3. The minimum absolute atomic E-state index is 0.349. The Bertz CT molecular complexity index is 421. The van der Waals surface area contributed by atoms with Gasteiger partial charge in [0.05, 0.1) is 0 Å². The highest BCUT2D eigenvalue weighted by Gasteiger charge is 2.45. The van der Waals surface area contributed by atoms with Crippen LogP contribution in [0.5, 0.6) is 0 Å². The molecule has 6 nitrogen and oxygen atoms in total. The molecule has 0 spiro atoms. The average Bonchev–Trinajstić information content (AvgIpc) is 2.93. The fraction of sp³-hybridized carbons (Fsp3) is 0.667. The topological polar surface area (TPSA) is 85.1 Å². The van der Waals surface area contributed by atoms with Crippen molar-refractivity contribution in [2.75, 3.05) is 17.3 Å². The third-order valence-corrected chi connectivity index (χ3v) is 3.19. The van der Waals surface area contributed by atoms with Crippen LogP contribution < -0.4 is 16.6 Å². The standard InChI is InChI=1S/C12H21N5O/c1-4-18-7-11-15-9(5-10(16-11)17-13)14-8-6-12(8,2)3/h5,8H,4,6-7,13H2,1-3H3,(H2,14,15,16,17). The highest BCUT2D eigenvalue weighted by Crippen LogP contribution is 2.46. The molecule has 0 radical (unpaired) electrons. The second kappa shape index (κ2) is 5.07. The van der Waals surface area contributed by atoms with Crippen LogP contribution in [0.3, 0.4) is 0 Å². The molecule has 100 valence electrons. The van der Waals surface area contributed by atoms with Crippen LogP contribution in [0.25, 0.3) is 0 Å². The summed E-state index contributed by atoms with van der Waals surface area (Å²) < 4.78 is 5.31. The first-order valence-corrected chi connectivity index (χ1v) is 6.24. The Morgan fingerprint density at radius 1 is 1.44 bits per heavy atom. The number of hydrogen-bond acceptors (Lipinski definition) is 6. The Morgan fingerprint density at radius 3 is 2.67 bits per heavy atom. The fourth-order valence-corrected chi connectivity index (χ4v) is 1.79. The summed E-state index contributed by atoms with van der Waals surface area (Å²) in [6, 6.07) is 2.28. The number of ether oxygens (including phenoxy) is 1. The number of nitrogen functional groups attached to an aromatic ring is 1. The first-order chi connectivity index (χ1) is 8.55. The van der Waals surface area contributed by atoms with E-state index in [1.807, 2.05) is 13.0 Å². The zero-order valence-corrected chi connectivity index (χ0v) is 11.2. The van der Waals surface area contributed by atoms with E-state index in [9.17, 15) is 0 Å². The van der Waals surface area contributed by atoms with Crippen LogP contribution in [0.15, 0.2) is 6.07 Å². The number of nitrogens with zero attached hydrogens (tertiary/aromatic N) is 2. The lowest BCUT2D eigenvalue weighted by molar-refractivity contribution is 0.128. The third-order valence-electron chi connectivity index (χ3n) is 3.19. The molecule has 0 amide bonds. The van der Waals surface area contributed by atoms with E-state index in [1.165, 1.54) is 0 Å². The second-order valence-electron chi connectivity index (χ2n) is 5.23. The monoisotopic (exact) mass is 251 g/mol. The first-order valence-electron chi connectivity index (χ1n) is 6.24. The van der Waals surface area contributed by atoms with E-state index in [-0.39, 0.29) is 0 Å². The number of aromatic nitrogens is 2. The maximum absolute atomic E-state index is 5.41. The summed E-state index contributed by atoms with van der Waals surface area (Å²) in [5.41, 5.74) is 2.90. The van der Waals surface area contributed by atoms with E-state index >= 15 is 0 Å². The Kier molecular flexibility index (Phi) is 3.68. The summed E-state index contributed by atoms with van der Waals surface area (Å²) in [5, 5.41) is 3.40. The molecule has 1 aromatic rings. The van der Waals surface area contributed by atoms with Crippen LogP contribution in [0.2, 0.25) is 0 Å². The molecule has 1 aliphatic carbocycles. The molecule has 4 N–H and O–H groups in total. The molecule has 0 bridgehead atoms. The molecule has 2 rings (SSSR count). The van der Waals surface area contributed by atoms with Gasteiger partial charge in [-0.2, -0.15) is 0 Å². The highest BCUT2D eigenvalue weighted by atomic mass is 16.5. The molecule has 1 saturated carbocycles. The molecule has 0 saturated heterocycles. The van der Waals surface area contributed by atoms with Crippen molar-refractivity contribution in [2.24, 2.45) is 11.3 Å². The Morgan fingerprint density at radius 2 is 2.11 bits per heavy atom. The van der Waals surface area contributed by atoms with Gasteiger partial charge in [0, 0.05) is 18.7 Å². The summed E-state index contributed by atoms with van der Waals surface area (Å²) in [6.07, 6.45) is 1.16. The summed E-state index contributed by atoms with van der Waals surface area (Å²) in [4.78, 5) is 8.66. The van der Waals surface area contributed by atoms with Crippen molar-refractivity contribution in [3.05, 3.63) is 11.9 Å². The number of anilines is 2. The van der Waals surface area contributed by atoms with Gasteiger partial charge in [-0.1, -0.05) is 13.8 Å². The highest BCUT2D eigenvalue weighted by molar-refractivity contribution is 5.48. The Balaban J connectivity index is 2.08. The molecule has 18 heavy (non-hydrogen) atoms. The van der Waals surface area contributed by atoms with Crippen molar-refractivity contribution in [1.29, 1.82) is 0 Å². The van der Waals surface area contributed by atoms with Crippen LogP contribution in [0.4, 0.5) is 11.6 Å². The van der Waals surface area contributed by atoms with Gasteiger partial charge in [0.15, 0.2) is 5.82 Å². The number of hydrazine groups is 1. The number of nitrogens with two attached hydrogens (primary N) is 1. The van der Waals surface area contributed by atoms with Gasteiger partial charge in [-0.25, -0.2) is 15.8 Å². The lowest BCUT2D eigenvalue weighted by Crippen LogP contribution is -2.15. The van der Waals surface area contributed by atoms with Gasteiger partial charge >= 0.3 is 0 Å². The van der Waals surface area contributed by atoms with Crippen molar-refractivity contribution in [1.82, 2.24) is 9.97 Å². The molecular weight excluding hydrogens is 230 g/mol. The van der Waals surface area contributed by atoms with Gasteiger partial charge < -0.3 is 15.5 Å². The SMILES string of the molecule is CCOCc1nc(NN)cc(NC2CC2(C)C)n1. The van der Waals surface area contributed by atoms with Crippen LogP contribution in [-0.4, -0.2) is 22.6 Å². The first kappa shape index (κ1) is 13.0. The summed E-state index contributed by atoms with van der Waals surface area (Å²) in [6.45, 7) is 7.44. The minimum Gasteiger partial charge on any atom is -0.374 e. The average molecular weight is 251 g/mol. The van der Waals surface area contributed by atoms with Gasteiger partial charge in [-0.05, 0) is 18.8 Å². The summed E-state index contributed by atoms with van der Waals surface area (Å²) in [7, 11) is 0. The molecule has 1 aliphatic rings. The molecule has 1 fully saturated rings. The largest absolute Gasteiger partial charge is 0.374 e. The molecule has 1 heterocycles. The maximum Gasteiger partial charge on any atom is 0.158 e. The molecular formula is C12H21N5O. The molecule has 1 atom stereocenters. The quantitative estimate of drug-likeness (QED) is 0.525. The van der Waals surface area contributed by atoms with E-state index in [0.717, 1.165) is 12.2 Å². The van der Waals surface area contributed by atoms with Crippen molar-refractivity contribution in [3.63, 3.8) is 0 Å². The molecule has 6 heteroatoms. The van der Waals surface area contributed by atoms with Crippen molar-refractivity contribution in [3.8, 4) is 0 Å². The van der Waals surface area contributed by atoms with Crippen LogP contribution in [0, 0.1) is 5.41 Å². The number of rotatable bonds is 6. The smallest absolute Gasteiger partial charge is 0.158 e. The summed E-state index contributed by atoms with van der Waals surface area (Å²) >= 11 is 0. The lowest BCUT2D eigenvalue weighted by Gasteiger charge is -2.10. The maximum atomic E-state index is 5.41. The normalized spacial score (nSPS) is 20.6. The molecule has 0 aromatic carbocycles. The predicted octanol–water partition coefficient (Wildman–Crippen LogP) is 1.51. The van der Waals surface area contributed by atoms with Crippen molar-refractivity contribution < 1.29 is 4.74 Å². The third kappa shape index (κ3) is 3.08. The van der Waals surface area contributed by atoms with Gasteiger partial charge in [0.1, 0.15) is 18.2 Å². The zero-order valence-electron chi connectivity index (χ0n) is 11.2. The number of nitrogens with one attached hydrogen (secondary N) is 2. The van der Waals surface area contributed by atoms with Gasteiger partial charge in [0.25, 0.3) is 0 Å². The second-order valence-corrected chi connectivity index (χ2v) is 5.23. The predicted molar refractivity (Wildman–Crippen MR) is 71.0 cm³/mol. The lowest BCUT2D eigenvalue weighted by atomic mass is 10.2. The van der Waals surface area contributed by atoms with E-state index in [1.54, 1.807) is 0 Å². The Labute approximate surface area is 107 Å². The van der Waals surface area contributed by atoms with Crippen LogP contribution >= 0.6 is 0 Å². The van der Waals surface area contributed by atoms with Gasteiger partial charge in [-0.3, -0.25) is 0 Å². The Hall–Kier alpha value is -1.40. The van der Waals surface area contributed by atoms with Crippen LogP contribution in [-0.2, 0) is 11.3 Å². The minimum atomic E-state index is 0.349. The van der Waals surface area contributed by atoms with Crippen molar-refractivity contribution >= 4 is 11.6 Å². The summed E-state index contributed by atoms with van der Waals surface area (Å²) in [5.74, 6) is 7.43. The fourth-order valence-electron chi connectivity index (χ4n) is 1.79. The zero-order chi connectivity index (χ0) is 13.2. The van der Waals surface area contributed by atoms with Crippen molar-refractivity contribution in [2.45, 2.75) is 39.8 Å². The molecule has 1 aromatic heterocycles. The molecule has 1 unspecified atom stereocenters. The molecule has 0 aliphatic heterocycles.